The van der Waals surface area contributed by atoms with Crippen LogP contribution < -0.4 is 0 Å². The monoisotopic (exact) mass is 771 g/mol. The second kappa shape index (κ2) is 14.2. The number of hydrogen-bond donors (Lipinski definition) is 1. The first-order valence-electron chi connectivity index (χ1n) is 19.0. The van der Waals surface area contributed by atoms with Crippen LogP contribution in [0, 0.1) is 17.8 Å². The Balaban J connectivity index is 1.32. The minimum absolute atomic E-state index is 0.0217. The van der Waals surface area contributed by atoms with Crippen LogP contribution in [-0.4, -0.2) is 43.8 Å². The summed E-state index contributed by atoms with van der Waals surface area (Å²) in [5.41, 5.74) is -0.864. The summed E-state index contributed by atoms with van der Waals surface area (Å²) in [6.45, 7) is 6.01. The number of aromatic nitrogens is 3. The van der Waals surface area contributed by atoms with Gasteiger partial charge in [0.2, 0.25) is 0 Å². The van der Waals surface area contributed by atoms with Gasteiger partial charge < -0.3 is 19.0 Å². The quantitative estimate of drug-likeness (QED) is 0.0975. The van der Waals surface area contributed by atoms with E-state index in [1.165, 1.54) is 13.8 Å². The lowest BCUT2D eigenvalue weighted by Crippen LogP contribution is -2.36. The third-order valence-electron chi connectivity index (χ3n) is 12.0. The second-order valence-electron chi connectivity index (χ2n) is 15.1. The van der Waals surface area contributed by atoms with E-state index in [1.54, 1.807) is 31.7 Å². The van der Waals surface area contributed by atoms with Crippen LogP contribution in [0.25, 0.3) is 22.7 Å². The van der Waals surface area contributed by atoms with E-state index in [9.17, 15) is 14.4 Å². The maximum atomic E-state index is 15.4. The first-order valence-corrected chi connectivity index (χ1v) is 19.0. The van der Waals surface area contributed by atoms with Crippen LogP contribution in [0.15, 0.2) is 128 Å². The van der Waals surface area contributed by atoms with E-state index in [-0.39, 0.29) is 53.2 Å². The molecule has 0 saturated heterocycles. The highest BCUT2D eigenvalue weighted by atomic mass is 16.5. The predicted octanol–water partition coefficient (Wildman–Crippen LogP) is 8.05. The van der Waals surface area contributed by atoms with Crippen molar-refractivity contribution < 1.29 is 33.4 Å². The number of imidazole rings is 1. The number of Topliss-reactive ketones (excluding diaryl/α,β-unsaturated/α-hetero) is 3. The lowest BCUT2D eigenvalue weighted by molar-refractivity contribution is -0.152. The zero-order valence-electron chi connectivity index (χ0n) is 32.8. The third kappa shape index (κ3) is 5.31. The van der Waals surface area contributed by atoms with E-state index in [4.69, 9.17) is 14.5 Å². The summed E-state index contributed by atoms with van der Waals surface area (Å²) in [5.74, 6) is -2.35. The van der Waals surface area contributed by atoms with Gasteiger partial charge >= 0.3 is 11.9 Å². The van der Waals surface area contributed by atoms with Crippen LogP contribution >= 0.6 is 0 Å². The fraction of sp³-hybridized carbons (Fsp3) is 0.208. The number of nitrogens with zero attached hydrogens (tertiary/aromatic N) is 2. The van der Waals surface area contributed by atoms with Crippen molar-refractivity contribution >= 4 is 40.4 Å². The summed E-state index contributed by atoms with van der Waals surface area (Å²) in [6.07, 6.45) is 1.62. The number of nitrogens with one attached hydrogen (secondary N) is 1. The molecule has 290 valence electrons. The summed E-state index contributed by atoms with van der Waals surface area (Å²) in [7, 11) is 1.69. The Labute approximate surface area is 335 Å². The maximum absolute atomic E-state index is 15.4. The molecule has 6 aromatic rings. The number of H-pyrrole nitrogens is 1. The topological polar surface area (TPSA) is 137 Å². The highest BCUT2D eigenvalue weighted by molar-refractivity contribution is 6.44. The minimum Gasteiger partial charge on any atom is -0.460 e. The lowest BCUT2D eigenvalue weighted by Gasteiger charge is -2.26. The molecule has 58 heavy (non-hydrogen) atoms. The van der Waals surface area contributed by atoms with Gasteiger partial charge in [0.15, 0.2) is 17.4 Å². The van der Waals surface area contributed by atoms with E-state index in [0.29, 0.717) is 27.8 Å². The number of benzene rings is 4. The zero-order chi connectivity index (χ0) is 41.0. The average Bonchev–Trinajstić information content (AvgIpc) is 3.51. The molecule has 0 bridgehead atoms. The number of aryl methyl sites for hydroxylation is 1. The molecule has 0 amide bonds. The van der Waals surface area contributed by atoms with Crippen LogP contribution in [0.3, 0.4) is 0 Å². The zero-order valence-corrected chi connectivity index (χ0v) is 32.8. The molecule has 8 rings (SSSR count). The molecule has 2 aliphatic carbocycles. The van der Waals surface area contributed by atoms with Crippen LogP contribution in [0.2, 0.25) is 0 Å². The smallest absolute Gasteiger partial charge is 0.355 e. The van der Waals surface area contributed by atoms with Crippen molar-refractivity contribution in [3.8, 4) is 11.5 Å². The minimum atomic E-state index is -1.85. The SMILES string of the molecule is CC(=O)c1c(-c2nc([C@@]3(C(C)=O)[C@@]4(C)C(=O)C(c5ccccc5)=C(c5ccccc5)[C@]43C(=O)OCc3ccccc3)cn2C)[nH]c(C(=O)OCc2ccccc2)c1C. The number of allylic oxidation sites excluding steroid dienone is 1. The molecule has 4 aromatic carbocycles. The molecule has 0 radical (unpaired) electrons. The second-order valence-corrected chi connectivity index (χ2v) is 15.1. The lowest BCUT2D eigenvalue weighted by atomic mass is 9.75. The number of ketones is 3. The average molecular weight is 772 g/mol. The van der Waals surface area contributed by atoms with E-state index in [1.807, 2.05) is 121 Å². The molecule has 2 aromatic heterocycles. The van der Waals surface area contributed by atoms with Gasteiger partial charge in [0.05, 0.1) is 16.8 Å². The molecule has 2 heterocycles. The van der Waals surface area contributed by atoms with Gasteiger partial charge in [-0.1, -0.05) is 121 Å². The molecule has 0 spiro atoms. The maximum Gasteiger partial charge on any atom is 0.355 e. The van der Waals surface area contributed by atoms with Crippen molar-refractivity contribution in [3.63, 3.8) is 0 Å². The van der Waals surface area contributed by atoms with Crippen molar-refractivity contribution in [1.29, 1.82) is 0 Å². The number of esters is 2. The Hall–Kier alpha value is -6.94. The Kier molecular flexibility index (Phi) is 9.30. The van der Waals surface area contributed by atoms with Gasteiger partial charge in [-0.25, -0.2) is 9.78 Å². The third-order valence-corrected chi connectivity index (χ3v) is 12.0. The highest BCUT2D eigenvalue weighted by Crippen LogP contribution is 2.88. The molecule has 0 aliphatic heterocycles. The van der Waals surface area contributed by atoms with Crippen molar-refractivity contribution in [2.45, 2.75) is 46.3 Å². The molecular weight excluding hydrogens is 731 g/mol. The summed E-state index contributed by atoms with van der Waals surface area (Å²) >= 11 is 0. The van der Waals surface area contributed by atoms with Gasteiger partial charge in [-0.15, -0.1) is 0 Å². The fourth-order valence-corrected chi connectivity index (χ4v) is 9.51. The van der Waals surface area contributed by atoms with Gasteiger partial charge in [0, 0.05) is 24.4 Å². The van der Waals surface area contributed by atoms with E-state index < -0.39 is 34.0 Å². The van der Waals surface area contributed by atoms with Gasteiger partial charge in [0.1, 0.15) is 35.5 Å². The first kappa shape index (κ1) is 38.0. The van der Waals surface area contributed by atoms with Crippen LogP contribution in [-0.2, 0) is 49.5 Å². The van der Waals surface area contributed by atoms with Crippen LogP contribution in [0.1, 0.15) is 75.1 Å². The predicted molar refractivity (Wildman–Crippen MR) is 217 cm³/mol. The summed E-state index contributed by atoms with van der Waals surface area (Å²) in [4.78, 5) is 80.3. The normalized spacial score (nSPS) is 20.7. The molecule has 1 saturated carbocycles. The number of carbonyl (C=O) groups is 5. The summed E-state index contributed by atoms with van der Waals surface area (Å²) in [5, 5.41) is 0. The van der Waals surface area contributed by atoms with Crippen molar-refractivity contribution in [1.82, 2.24) is 14.5 Å². The van der Waals surface area contributed by atoms with Gasteiger partial charge in [0.25, 0.3) is 0 Å². The molecule has 10 nitrogen and oxygen atoms in total. The molecule has 3 atom stereocenters. The number of ether oxygens (including phenoxy) is 2. The molecule has 0 unspecified atom stereocenters. The number of hydrogen-bond acceptors (Lipinski definition) is 8. The number of carbonyl (C=O) groups excluding carboxylic acids is 5. The van der Waals surface area contributed by atoms with E-state index in [2.05, 4.69) is 4.98 Å². The summed E-state index contributed by atoms with van der Waals surface area (Å²) < 4.78 is 13.5. The molecule has 1 fully saturated rings. The molecule has 1 N–H and O–H groups in total. The van der Waals surface area contributed by atoms with Gasteiger partial charge in [-0.2, -0.15) is 0 Å². The van der Waals surface area contributed by atoms with Gasteiger partial charge in [-0.3, -0.25) is 19.2 Å². The van der Waals surface area contributed by atoms with E-state index >= 15 is 9.59 Å². The first-order chi connectivity index (χ1) is 27.9. The number of rotatable bonds is 12. The Bertz CT molecular complexity index is 2660. The molecular formula is C48H41N3O7. The Morgan fingerprint density at radius 2 is 1.24 bits per heavy atom. The largest absolute Gasteiger partial charge is 0.460 e. The van der Waals surface area contributed by atoms with Crippen LogP contribution in [0.5, 0.6) is 0 Å². The Morgan fingerprint density at radius 3 is 1.78 bits per heavy atom. The van der Waals surface area contributed by atoms with Crippen molar-refractivity contribution in [2.75, 3.05) is 0 Å². The van der Waals surface area contributed by atoms with Crippen LogP contribution in [0.4, 0.5) is 0 Å². The standard InChI is InChI=1S/C48H41N3O7/c1-29-37(30(2)52)41(50-40(29)44(55)57-27-32-18-10-6-11-19-32)43-49-36(26-51(43)5)47(31(3)53)46(4)42(54)38(34-22-14-8-15-23-34)39(35-24-16-9-17-25-35)48(46,47)45(56)58-28-33-20-12-7-13-21-33/h6-26,50H,27-28H2,1-5H3/t46-,47+,48+/m1/s1. The fourth-order valence-electron chi connectivity index (χ4n) is 9.51. The molecule has 2 aliphatic rings. The Morgan fingerprint density at radius 1 is 0.724 bits per heavy atom. The van der Waals surface area contributed by atoms with Crippen molar-refractivity contribution in [2.24, 2.45) is 17.9 Å². The van der Waals surface area contributed by atoms with E-state index in [0.717, 1.165) is 11.1 Å². The van der Waals surface area contributed by atoms with Gasteiger partial charge in [-0.05, 0) is 61.1 Å². The number of fused-ring (bicyclic) bond motifs is 1. The summed E-state index contributed by atoms with van der Waals surface area (Å²) in [6, 6.07) is 36.7. The molecule has 10 heteroatoms. The highest BCUT2D eigenvalue weighted by Gasteiger charge is 2.98. The number of aromatic amines is 1. The van der Waals surface area contributed by atoms with Crippen molar-refractivity contribution in [3.05, 3.63) is 172 Å².